The first-order valence-electron chi connectivity index (χ1n) is 8.80. The van der Waals surface area contributed by atoms with E-state index in [2.05, 4.69) is 0 Å². The molecular weight excluding hydrogens is 368 g/mol. The van der Waals surface area contributed by atoms with Crippen LogP contribution in [0.4, 0.5) is 8.78 Å². The number of benzene rings is 2. The molecule has 7 heteroatoms. The number of rotatable bonds is 4. The first-order valence-corrected chi connectivity index (χ1v) is 8.80. The molecule has 2 aromatic carbocycles. The monoisotopic (exact) mass is 387 g/mol. The van der Waals surface area contributed by atoms with Gasteiger partial charge in [0.1, 0.15) is 5.75 Å². The van der Waals surface area contributed by atoms with E-state index in [1.54, 1.807) is 6.92 Å². The molecular formula is C21H19F2NO4. The SMILES string of the molecule is CCCc1c(O)ccc2c1c(OC(C)=O)c(C)n2C(=O)c1ccc(F)c(F)c1. The van der Waals surface area contributed by atoms with Gasteiger partial charge in [-0.1, -0.05) is 13.3 Å². The standard InChI is InChI=1S/C21H19F2NO4/c1-4-5-14-18(26)9-8-17-19(14)20(28-12(3)25)11(2)24(17)21(27)13-6-7-15(22)16(23)10-13/h6-10,26H,4-5H2,1-3H3. The summed E-state index contributed by atoms with van der Waals surface area (Å²) >= 11 is 0. The summed E-state index contributed by atoms with van der Waals surface area (Å²) in [5.41, 5.74) is 1.22. The number of aromatic hydroxyl groups is 1. The van der Waals surface area contributed by atoms with Crippen LogP contribution >= 0.6 is 0 Å². The Hall–Kier alpha value is -3.22. The lowest BCUT2D eigenvalue weighted by Gasteiger charge is -2.09. The van der Waals surface area contributed by atoms with E-state index in [0.717, 1.165) is 12.1 Å². The molecule has 0 saturated heterocycles. The molecule has 3 aromatic rings. The Morgan fingerprint density at radius 2 is 1.86 bits per heavy atom. The van der Waals surface area contributed by atoms with E-state index in [9.17, 15) is 23.5 Å². The van der Waals surface area contributed by atoms with Gasteiger partial charge in [-0.15, -0.1) is 0 Å². The summed E-state index contributed by atoms with van der Waals surface area (Å²) in [6, 6.07) is 5.87. The molecule has 0 aliphatic carbocycles. The van der Waals surface area contributed by atoms with Crippen molar-refractivity contribution in [2.45, 2.75) is 33.6 Å². The van der Waals surface area contributed by atoms with Crippen LogP contribution in [0.5, 0.6) is 11.5 Å². The Morgan fingerprint density at radius 1 is 1.14 bits per heavy atom. The minimum atomic E-state index is -1.13. The normalized spacial score (nSPS) is 11.0. The lowest BCUT2D eigenvalue weighted by Crippen LogP contribution is -2.14. The van der Waals surface area contributed by atoms with Crippen molar-refractivity contribution in [1.29, 1.82) is 0 Å². The third-order valence-corrected chi connectivity index (χ3v) is 4.51. The van der Waals surface area contributed by atoms with Gasteiger partial charge in [0.05, 0.1) is 16.6 Å². The summed E-state index contributed by atoms with van der Waals surface area (Å²) in [6.45, 7) is 4.75. The number of ether oxygens (including phenoxy) is 1. The van der Waals surface area contributed by atoms with Crippen molar-refractivity contribution in [2.24, 2.45) is 0 Å². The van der Waals surface area contributed by atoms with Gasteiger partial charge in [0, 0.05) is 18.1 Å². The number of carbonyl (C=O) groups excluding carboxylic acids is 2. The van der Waals surface area contributed by atoms with Gasteiger partial charge < -0.3 is 9.84 Å². The van der Waals surface area contributed by atoms with E-state index in [1.165, 1.54) is 29.7 Å². The van der Waals surface area contributed by atoms with Crippen LogP contribution in [0.1, 0.15) is 41.9 Å². The second-order valence-electron chi connectivity index (χ2n) is 6.48. The highest BCUT2D eigenvalue weighted by Crippen LogP contribution is 2.40. The highest BCUT2D eigenvalue weighted by atomic mass is 19.2. The average molecular weight is 387 g/mol. The smallest absolute Gasteiger partial charge is 0.308 e. The molecule has 28 heavy (non-hydrogen) atoms. The van der Waals surface area contributed by atoms with Gasteiger partial charge in [0.2, 0.25) is 0 Å². The number of carbonyl (C=O) groups is 2. The highest BCUT2D eigenvalue weighted by Gasteiger charge is 2.25. The number of phenolic OH excluding ortho intramolecular Hbond substituents is 1. The fraction of sp³-hybridized carbons (Fsp3) is 0.238. The third-order valence-electron chi connectivity index (χ3n) is 4.51. The second kappa shape index (κ2) is 7.42. The fourth-order valence-corrected chi connectivity index (χ4v) is 3.32. The van der Waals surface area contributed by atoms with E-state index < -0.39 is 23.5 Å². The molecule has 0 aliphatic rings. The Kier molecular flexibility index (Phi) is 5.18. The van der Waals surface area contributed by atoms with Crippen LogP contribution in [0.15, 0.2) is 30.3 Å². The van der Waals surface area contributed by atoms with Gasteiger partial charge in [-0.3, -0.25) is 14.2 Å². The molecule has 0 unspecified atom stereocenters. The Labute approximate surface area is 160 Å². The Bertz CT molecular complexity index is 1100. The zero-order valence-corrected chi connectivity index (χ0v) is 15.7. The van der Waals surface area contributed by atoms with Gasteiger partial charge in [0.25, 0.3) is 5.91 Å². The van der Waals surface area contributed by atoms with Crippen molar-refractivity contribution in [3.8, 4) is 11.5 Å². The molecule has 1 N–H and O–H groups in total. The molecule has 146 valence electrons. The van der Waals surface area contributed by atoms with E-state index in [1.807, 2.05) is 6.92 Å². The number of aryl methyl sites for hydroxylation is 1. The first kappa shape index (κ1) is 19.5. The van der Waals surface area contributed by atoms with Gasteiger partial charge in [-0.05, 0) is 43.7 Å². The quantitative estimate of drug-likeness (QED) is 0.670. The number of fused-ring (bicyclic) bond motifs is 1. The second-order valence-corrected chi connectivity index (χ2v) is 6.48. The zero-order valence-electron chi connectivity index (χ0n) is 15.7. The van der Waals surface area contributed by atoms with Gasteiger partial charge in [0.15, 0.2) is 17.4 Å². The van der Waals surface area contributed by atoms with Gasteiger partial charge in [-0.25, -0.2) is 8.78 Å². The van der Waals surface area contributed by atoms with Crippen molar-refractivity contribution < 1.29 is 28.2 Å². The summed E-state index contributed by atoms with van der Waals surface area (Å²) in [4.78, 5) is 24.7. The molecule has 0 atom stereocenters. The van der Waals surface area contributed by atoms with Crippen LogP contribution in [0.25, 0.3) is 10.9 Å². The summed E-state index contributed by atoms with van der Waals surface area (Å²) in [5.74, 6) is -3.18. The fourth-order valence-electron chi connectivity index (χ4n) is 3.32. The average Bonchev–Trinajstić information content (AvgIpc) is 2.91. The number of hydrogen-bond acceptors (Lipinski definition) is 4. The number of aromatic nitrogens is 1. The first-order chi connectivity index (χ1) is 13.3. The minimum absolute atomic E-state index is 0.0279. The van der Waals surface area contributed by atoms with Crippen LogP contribution < -0.4 is 4.74 Å². The molecule has 0 radical (unpaired) electrons. The number of halogens is 2. The van der Waals surface area contributed by atoms with Crippen molar-refractivity contribution in [2.75, 3.05) is 0 Å². The molecule has 0 bridgehead atoms. The number of hydrogen-bond donors (Lipinski definition) is 1. The molecule has 0 aliphatic heterocycles. The maximum absolute atomic E-state index is 13.6. The molecule has 1 heterocycles. The predicted octanol–water partition coefficient (Wildman–Crippen LogP) is 4.50. The van der Waals surface area contributed by atoms with Crippen molar-refractivity contribution in [3.05, 3.63) is 58.8 Å². The molecule has 3 rings (SSSR count). The summed E-state index contributed by atoms with van der Waals surface area (Å²) in [5, 5.41) is 10.7. The van der Waals surface area contributed by atoms with Crippen LogP contribution in [0.3, 0.4) is 0 Å². The van der Waals surface area contributed by atoms with E-state index in [4.69, 9.17) is 4.74 Å². The molecule has 0 spiro atoms. The van der Waals surface area contributed by atoms with E-state index >= 15 is 0 Å². The Morgan fingerprint density at radius 3 is 2.46 bits per heavy atom. The molecule has 5 nitrogen and oxygen atoms in total. The summed E-state index contributed by atoms with van der Waals surface area (Å²) in [6.07, 6.45) is 1.22. The maximum Gasteiger partial charge on any atom is 0.308 e. The zero-order chi connectivity index (χ0) is 20.6. The topological polar surface area (TPSA) is 68.5 Å². The summed E-state index contributed by atoms with van der Waals surface area (Å²) < 4.78 is 33.5. The van der Waals surface area contributed by atoms with E-state index in [0.29, 0.717) is 35.0 Å². The minimum Gasteiger partial charge on any atom is -0.508 e. The summed E-state index contributed by atoms with van der Waals surface area (Å²) in [7, 11) is 0. The van der Waals surface area contributed by atoms with Crippen LogP contribution in [-0.2, 0) is 11.2 Å². The van der Waals surface area contributed by atoms with Crippen molar-refractivity contribution >= 4 is 22.8 Å². The maximum atomic E-state index is 13.6. The predicted molar refractivity (Wildman–Crippen MR) is 99.7 cm³/mol. The van der Waals surface area contributed by atoms with E-state index in [-0.39, 0.29) is 17.1 Å². The highest BCUT2D eigenvalue weighted by molar-refractivity contribution is 6.06. The molecule has 0 amide bonds. The van der Waals surface area contributed by atoms with Crippen molar-refractivity contribution in [1.82, 2.24) is 4.57 Å². The van der Waals surface area contributed by atoms with Crippen LogP contribution in [-0.4, -0.2) is 21.6 Å². The van der Waals surface area contributed by atoms with Gasteiger partial charge in [-0.2, -0.15) is 0 Å². The number of esters is 1. The Balaban J connectivity index is 2.32. The third kappa shape index (κ3) is 3.24. The lowest BCUT2D eigenvalue weighted by molar-refractivity contribution is -0.131. The number of phenols is 1. The lowest BCUT2D eigenvalue weighted by atomic mass is 10.0. The van der Waals surface area contributed by atoms with Crippen LogP contribution in [0.2, 0.25) is 0 Å². The van der Waals surface area contributed by atoms with Crippen LogP contribution in [0, 0.1) is 18.6 Å². The van der Waals surface area contributed by atoms with Crippen molar-refractivity contribution in [3.63, 3.8) is 0 Å². The molecule has 1 aromatic heterocycles. The molecule has 0 saturated carbocycles. The van der Waals surface area contributed by atoms with Gasteiger partial charge >= 0.3 is 5.97 Å². The molecule has 0 fully saturated rings. The largest absolute Gasteiger partial charge is 0.508 e. The number of nitrogens with zero attached hydrogens (tertiary/aromatic N) is 1.